The Morgan fingerprint density at radius 1 is 1.27 bits per heavy atom. The van der Waals surface area contributed by atoms with Gasteiger partial charge in [0.2, 0.25) is 5.91 Å². The van der Waals surface area contributed by atoms with Gasteiger partial charge in [-0.25, -0.2) is 0 Å². The molecule has 0 saturated heterocycles. The second-order valence-corrected chi connectivity index (χ2v) is 9.50. The number of halogens is 1. The molecule has 2 aliphatic rings. The Labute approximate surface area is 203 Å². The predicted octanol–water partition coefficient (Wildman–Crippen LogP) is 4.57. The molecule has 2 heterocycles. The molecular formula is C24H30ClN3O4S. The van der Waals surface area contributed by atoms with Gasteiger partial charge in [-0.2, -0.15) is 10.5 Å². The summed E-state index contributed by atoms with van der Waals surface area (Å²) in [4.78, 5) is 14.6. The van der Waals surface area contributed by atoms with Crippen molar-refractivity contribution in [1.29, 1.82) is 0 Å². The number of esters is 1. The molecule has 0 radical (unpaired) electrons. The lowest BCUT2D eigenvalue weighted by Gasteiger charge is -2.35. The van der Waals surface area contributed by atoms with Gasteiger partial charge in [-0.1, -0.05) is 29.8 Å². The van der Waals surface area contributed by atoms with Crippen LogP contribution in [0.1, 0.15) is 59.6 Å². The first-order chi connectivity index (χ1) is 15.9. The van der Waals surface area contributed by atoms with Gasteiger partial charge < -0.3 is 19.6 Å². The van der Waals surface area contributed by atoms with E-state index in [1.165, 1.54) is 18.2 Å². The Balaban J connectivity index is 1.77. The van der Waals surface area contributed by atoms with Gasteiger partial charge in [-0.05, 0) is 43.9 Å². The Morgan fingerprint density at radius 3 is 2.67 bits per heavy atom. The molecule has 0 spiro atoms. The summed E-state index contributed by atoms with van der Waals surface area (Å²) in [7, 11) is 1.45. The normalized spacial score (nSPS) is 18.2. The third-order valence-electron chi connectivity index (χ3n) is 5.90. The van der Waals surface area contributed by atoms with E-state index in [-0.39, 0.29) is 11.9 Å². The molecule has 0 fully saturated rings. The number of thiophene rings is 1. The van der Waals surface area contributed by atoms with E-state index < -0.39 is 5.91 Å². The van der Waals surface area contributed by atoms with Crippen LogP contribution in [-0.2, 0) is 32.0 Å². The van der Waals surface area contributed by atoms with E-state index in [1.54, 1.807) is 11.3 Å². The van der Waals surface area contributed by atoms with Gasteiger partial charge in [0.1, 0.15) is 0 Å². The van der Waals surface area contributed by atoms with Crippen LogP contribution in [0.15, 0.2) is 30.5 Å². The third kappa shape index (κ3) is 4.82. The van der Waals surface area contributed by atoms with Gasteiger partial charge in [-0.3, -0.25) is 4.79 Å². The van der Waals surface area contributed by atoms with Gasteiger partial charge in [0.05, 0.1) is 19.6 Å². The van der Waals surface area contributed by atoms with Crippen molar-refractivity contribution in [2.75, 3.05) is 20.3 Å². The van der Waals surface area contributed by atoms with Crippen LogP contribution in [0, 0.1) is 0 Å². The summed E-state index contributed by atoms with van der Waals surface area (Å²) < 4.78 is 16.8. The maximum Gasteiger partial charge on any atom is 0.313 e. The first-order valence-electron chi connectivity index (χ1n) is 11.2. The van der Waals surface area contributed by atoms with Crippen molar-refractivity contribution in [2.24, 2.45) is 0 Å². The lowest BCUT2D eigenvalue weighted by molar-refractivity contribution is -0.271. The number of nitrogens with one attached hydrogen (secondary N) is 2. The number of hydrogen-bond acceptors (Lipinski definition) is 8. The monoisotopic (exact) mass is 491 g/mol. The molecule has 178 valence electrons. The highest BCUT2D eigenvalue weighted by Crippen LogP contribution is 2.47. The largest absolute Gasteiger partial charge is 0.469 e. The zero-order valence-electron chi connectivity index (χ0n) is 19.4. The molecule has 0 bridgehead atoms. The van der Waals surface area contributed by atoms with Gasteiger partial charge in [0.15, 0.2) is 0 Å². The van der Waals surface area contributed by atoms with Crippen molar-refractivity contribution < 1.29 is 19.0 Å². The SMILES string of the molecule is CCOC(C)(NN1Cc2c(sc3c2CCC3C(=O)OC)C(c2ccccc2Cl)=CN1)OCC. The number of ether oxygens (including phenoxy) is 3. The van der Waals surface area contributed by atoms with Crippen LogP contribution >= 0.6 is 22.9 Å². The number of hydrogen-bond donors (Lipinski definition) is 2. The van der Waals surface area contributed by atoms with Crippen LogP contribution < -0.4 is 10.9 Å². The van der Waals surface area contributed by atoms with Crippen LogP contribution in [0.2, 0.25) is 5.02 Å². The molecule has 33 heavy (non-hydrogen) atoms. The lowest BCUT2D eigenvalue weighted by Crippen LogP contribution is -2.58. The number of fused-ring (bicyclic) bond motifs is 3. The molecule has 1 aromatic heterocycles. The summed E-state index contributed by atoms with van der Waals surface area (Å²) in [6.07, 6.45) is 3.54. The zero-order chi connectivity index (χ0) is 23.6. The minimum atomic E-state index is -0.993. The first-order valence-corrected chi connectivity index (χ1v) is 12.4. The van der Waals surface area contributed by atoms with E-state index in [2.05, 4.69) is 10.9 Å². The van der Waals surface area contributed by atoms with E-state index in [9.17, 15) is 4.79 Å². The Kier molecular flexibility index (Phi) is 7.43. The molecule has 1 aliphatic heterocycles. The molecule has 2 N–H and O–H groups in total. The number of nitrogens with zero attached hydrogens (tertiary/aromatic N) is 1. The van der Waals surface area contributed by atoms with Crippen molar-refractivity contribution in [2.45, 2.75) is 52.0 Å². The number of carbonyl (C=O) groups is 1. The van der Waals surface area contributed by atoms with E-state index in [0.717, 1.165) is 33.7 Å². The van der Waals surface area contributed by atoms with E-state index in [4.69, 9.17) is 25.8 Å². The van der Waals surface area contributed by atoms with Crippen LogP contribution in [0.25, 0.3) is 5.57 Å². The average molecular weight is 492 g/mol. The maximum absolute atomic E-state index is 12.4. The topological polar surface area (TPSA) is 72.1 Å². The standard InChI is InChI=1S/C24H30ClN3O4S/c1-5-31-24(3,32-6-2)27-28-14-19-16-11-12-17(23(29)30-4)21(16)33-22(19)18(13-26-28)15-9-7-8-10-20(15)25/h7-10,13,17,26-27H,5-6,11-12,14H2,1-4H3. The van der Waals surface area contributed by atoms with Gasteiger partial charge >= 0.3 is 5.97 Å². The van der Waals surface area contributed by atoms with Crippen molar-refractivity contribution in [1.82, 2.24) is 16.0 Å². The predicted molar refractivity (Wildman–Crippen MR) is 129 cm³/mol. The summed E-state index contributed by atoms with van der Waals surface area (Å²) in [5.41, 5.74) is 11.0. The lowest BCUT2D eigenvalue weighted by atomic mass is 10.00. The Hall–Kier alpha value is -1.94. The number of benzene rings is 1. The zero-order valence-corrected chi connectivity index (χ0v) is 20.9. The number of methoxy groups -OCH3 is 1. The highest BCUT2D eigenvalue weighted by atomic mass is 35.5. The second-order valence-electron chi connectivity index (χ2n) is 8.04. The van der Waals surface area contributed by atoms with Crippen molar-refractivity contribution in [3.63, 3.8) is 0 Å². The fraction of sp³-hybridized carbons (Fsp3) is 0.458. The first kappa shape index (κ1) is 24.2. The number of rotatable bonds is 8. The highest BCUT2D eigenvalue weighted by molar-refractivity contribution is 7.13. The van der Waals surface area contributed by atoms with Gasteiger partial charge in [0.25, 0.3) is 0 Å². The van der Waals surface area contributed by atoms with Crippen molar-refractivity contribution in [3.05, 3.63) is 61.9 Å². The average Bonchev–Trinajstić information content (AvgIpc) is 3.30. The molecule has 9 heteroatoms. The van der Waals surface area contributed by atoms with Crippen LogP contribution in [0.4, 0.5) is 0 Å². The van der Waals surface area contributed by atoms with Gasteiger partial charge in [-0.15, -0.1) is 11.3 Å². The van der Waals surface area contributed by atoms with E-state index >= 15 is 0 Å². The molecule has 1 aliphatic carbocycles. The smallest absolute Gasteiger partial charge is 0.313 e. The van der Waals surface area contributed by atoms with Crippen LogP contribution in [-0.4, -0.2) is 37.3 Å². The minimum Gasteiger partial charge on any atom is -0.469 e. The summed E-state index contributed by atoms with van der Waals surface area (Å²) in [5.74, 6) is -1.39. The molecule has 1 atom stereocenters. The maximum atomic E-state index is 12.4. The summed E-state index contributed by atoms with van der Waals surface area (Å²) in [5, 5.41) is 2.54. The molecule has 0 saturated carbocycles. The summed E-state index contributed by atoms with van der Waals surface area (Å²) in [6.45, 7) is 7.27. The quantitative estimate of drug-likeness (QED) is 0.414. The van der Waals surface area contributed by atoms with E-state index in [0.29, 0.717) is 24.8 Å². The van der Waals surface area contributed by atoms with Crippen LogP contribution in [0.3, 0.4) is 0 Å². The minimum absolute atomic E-state index is 0.179. The summed E-state index contributed by atoms with van der Waals surface area (Å²) >= 11 is 8.25. The fourth-order valence-corrected chi connectivity index (χ4v) is 6.26. The molecular weight excluding hydrogens is 462 g/mol. The van der Waals surface area contributed by atoms with Crippen molar-refractivity contribution >= 4 is 34.5 Å². The fourth-order valence-electron chi connectivity index (χ4n) is 4.51. The molecule has 1 unspecified atom stereocenters. The molecule has 1 aromatic carbocycles. The number of carbonyl (C=O) groups excluding carboxylic acids is 1. The molecule has 0 amide bonds. The Morgan fingerprint density at radius 2 is 2.00 bits per heavy atom. The second kappa shape index (κ2) is 10.1. The molecule has 7 nitrogen and oxygen atoms in total. The summed E-state index contributed by atoms with van der Waals surface area (Å²) in [6, 6.07) is 7.79. The van der Waals surface area contributed by atoms with E-state index in [1.807, 2.05) is 56.4 Å². The van der Waals surface area contributed by atoms with Gasteiger partial charge in [0, 0.05) is 52.3 Å². The molecule has 4 rings (SSSR count). The van der Waals surface area contributed by atoms with Crippen molar-refractivity contribution in [3.8, 4) is 0 Å². The van der Waals surface area contributed by atoms with Crippen LogP contribution in [0.5, 0.6) is 0 Å². The Bertz CT molecular complexity index is 1050. The third-order valence-corrected chi connectivity index (χ3v) is 7.65. The number of hydrazine groups is 2. The highest BCUT2D eigenvalue weighted by Gasteiger charge is 2.38. The molecule has 2 aromatic rings.